The van der Waals surface area contributed by atoms with Crippen LogP contribution in [0, 0.1) is 12.8 Å². The lowest BCUT2D eigenvalue weighted by atomic mass is 10.0. The van der Waals surface area contributed by atoms with E-state index >= 15 is 0 Å². The molecule has 0 unspecified atom stereocenters. The summed E-state index contributed by atoms with van der Waals surface area (Å²) < 4.78 is 11.1. The topological polar surface area (TPSA) is 31.4 Å². The van der Waals surface area contributed by atoms with Gasteiger partial charge in [-0.05, 0) is 37.8 Å². The van der Waals surface area contributed by atoms with Crippen molar-refractivity contribution < 1.29 is 9.47 Å². The molecule has 94 valence electrons. The summed E-state index contributed by atoms with van der Waals surface area (Å²) in [6.45, 7) is 4.39. The van der Waals surface area contributed by atoms with Crippen molar-refractivity contribution in [2.24, 2.45) is 5.92 Å². The van der Waals surface area contributed by atoms with E-state index in [-0.39, 0.29) is 0 Å². The van der Waals surface area contributed by atoms with Gasteiger partial charge in [0.25, 0.3) is 0 Å². The number of pyridine rings is 1. The van der Waals surface area contributed by atoms with Crippen LogP contribution in [0.15, 0.2) is 12.1 Å². The number of aromatic nitrogens is 1. The normalized spacial score (nSPS) is 17.1. The van der Waals surface area contributed by atoms with Crippen molar-refractivity contribution in [3.05, 3.63) is 23.5 Å². The van der Waals surface area contributed by atoms with Crippen molar-refractivity contribution in [2.45, 2.75) is 25.6 Å². The third-order valence-electron chi connectivity index (χ3n) is 3.01. The summed E-state index contributed by atoms with van der Waals surface area (Å²) in [5, 5.41) is 0. The number of ether oxygens (including phenoxy) is 2. The molecule has 0 spiro atoms. The maximum absolute atomic E-state index is 5.86. The Morgan fingerprint density at radius 3 is 2.88 bits per heavy atom. The van der Waals surface area contributed by atoms with Gasteiger partial charge in [0, 0.05) is 18.9 Å². The van der Waals surface area contributed by atoms with Gasteiger partial charge in [-0.25, -0.2) is 0 Å². The second-order valence-electron chi connectivity index (χ2n) is 4.40. The highest BCUT2D eigenvalue weighted by Crippen LogP contribution is 2.21. The van der Waals surface area contributed by atoms with E-state index in [2.05, 4.69) is 4.98 Å². The minimum absolute atomic E-state index is 0.394. The summed E-state index contributed by atoms with van der Waals surface area (Å²) in [6, 6.07) is 3.91. The molecule has 0 bridgehead atoms. The van der Waals surface area contributed by atoms with Crippen LogP contribution in [-0.2, 0) is 10.6 Å². The molecule has 1 aliphatic rings. The minimum atomic E-state index is 0.394. The van der Waals surface area contributed by atoms with Crippen molar-refractivity contribution >= 4 is 11.6 Å². The van der Waals surface area contributed by atoms with Crippen LogP contribution in [0.4, 0.5) is 0 Å². The van der Waals surface area contributed by atoms with Gasteiger partial charge in [0.15, 0.2) is 0 Å². The third-order valence-corrected chi connectivity index (χ3v) is 3.27. The van der Waals surface area contributed by atoms with Crippen molar-refractivity contribution in [1.29, 1.82) is 0 Å². The lowest BCUT2D eigenvalue weighted by molar-refractivity contribution is 0.0496. The lowest BCUT2D eigenvalue weighted by Gasteiger charge is -2.22. The van der Waals surface area contributed by atoms with Crippen LogP contribution >= 0.6 is 11.6 Å². The maximum atomic E-state index is 5.86. The first kappa shape index (κ1) is 12.7. The minimum Gasteiger partial charge on any atom is -0.491 e. The molecule has 3 nitrogen and oxygen atoms in total. The lowest BCUT2D eigenvalue weighted by Crippen LogP contribution is -2.21. The van der Waals surface area contributed by atoms with Crippen molar-refractivity contribution in [1.82, 2.24) is 4.98 Å². The molecule has 0 aromatic carbocycles. The number of nitrogens with zero attached hydrogens (tertiary/aromatic N) is 1. The number of alkyl halides is 1. The fourth-order valence-corrected chi connectivity index (χ4v) is 2.14. The fraction of sp³-hybridized carbons (Fsp3) is 0.615. The molecular weight excluding hydrogens is 238 g/mol. The number of hydrogen-bond acceptors (Lipinski definition) is 3. The highest BCUT2D eigenvalue weighted by molar-refractivity contribution is 6.17. The smallest absolute Gasteiger partial charge is 0.142 e. The summed E-state index contributed by atoms with van der Waals surface area (Å²) in [7, 11) is 0. The molecule has 0 N–H and O–H groups in total. The Bertz CT molecular complexity index is 364. The van der Waals surface area contributed by atoms with E-state index in [1.165, 1.54) is 0 Å². The van der Waals surface area contributed by atoms with E-state index < -0.39 is 0 Å². The van der Waals surface area contributed by atoms with Gasteiger partial charge in [0.1, 0.15) is 5.75 Å². The fourth-order valence-electron chi connectivity index (χ4n) is 1.95. The average Bonchev–Trinajstić information content (AvgIpc) is 2.38. The molecule has 0 amide bonds. The van der Waals surface area contributed by atoms with Crippen LogP contribution in [0.5, 0.6) is 5.75 Å². The summed E-state index contributed by atoms with van der Waals surface area (Å²) in [5.74, 6) is 1.80. The molecular formula is C13H18ClNO2. The van der Waals surface area contributed by atoms with Gasteiger partial charge in [0.2, 0.25) is 0 Å². The molecule has 0 saturated carbocycles. The predicted molar refractivity (Wildman–Crippen MR) is 67.6 cm³/mol. The molecule has 0 atom stereocenters. The van der Waals surface area contributed by atoms with Crippen molar-refractivity contribution in [2.75, 3.05) is 19.8 Å². The van der Waals surface area contributed by atoms with E-state index in [0.717, 1.165) is 49.8 Å². The van der Waals surface area contributed by atoms with Gasteiger partial charge in [-0.3, -0.25) is 4.98 Å². The van der Waals surface area contributed by atoms with Gasteiger partial charge in [0.05, 0.1) is 18.2 Å². The largest absolute Gasteiger partial charge is 0.491 e. The van der Waals surface area contributed by atoms with Gasteiger partial charge < -0.3 is 9.47 Å². The third kappa shape index (κ3) is 3.58. The maximum Gasteiger partial charge on any atom is 0.142 e. The molecule has 2 rings (SSSR count). The average molecular weight is 256 g/mol. The van der Waals surface area contributed by atoms with Crippen molar-refractivity contribution in [3.63, 3.8) is 0 Å². The Morgan fingerprint density at radius 1 is 1.41 bits per heavy atom. The summed E-state index contributed by atoms with van der Waals surface area (Å²) in [5.41, 5.74) is 1.80. The first-order valence-electron chi connectivity index (χ1n) is 6.02. The molecule has 0 radical (unpaired) electrons. The van der Waals surface area contributed by atoms with Crippen LogP contribution in [0.2, 0.25) is 0 Å². The van der Waals surface area contributed by atoms with E-state index in [0.29, 0.717) is 11.8 Å². The molecule has 2 heterocycles. The van der Waals surface area contributed by atoms with E-state index in [1.807, 2.05) is 19.1 Å². The zero-order chi connectivity index (χ0) is 12.1. The Balaban J connectivity index is 1.93. The van der Waals surface area contributed by atoms with Crippen LogP contribution in [-0.4, -0.2) is 24.8 Å². The summed E-state index contributed by atoms with van der Waals surface area (Å²) in [4.78, 5) is 4.37. The molecule has 1 aliphatic heterocycles. The van der Waals surface area contributed by atoms with Crippen molar-refractivity contribution in [3.8, 4) is 5.75 Å². The van der Waals surface area contributed by atoms with Gasteiger partial charge in [-0.1, -0.05) is 0 Å². The van der Waals surface area contributed by atoms with Crippen LogP contribution in [0.3, 0.4) is 0 Å². The zero-order valence-corrected chi connectivity index (χ0v) is 10.9. The van der Waals surface area contributed by atoms with Crippen LogP contribution in [0.1, 0.15) is 24.2 Å². The molecule has 0 aliphatic carbocycles. The Kier molecular flexibility index (Phi) is 4.63. The van der Waals surface area contributed by atoms with Gasteiger partial charge in [-0.15, -0.1) is 11.6 Å². The van der Waals surface area contributed by atoms with E-state index in [9.17, 15) is 0 Å². The number of hydrogen-bond donors (Lipinski definition) is 0. The highest BCUT2D eigenvalue weighted by atomic mass is 35.5. The second kappa shape index (κ2) is 6.22. The SMILES string of the molecule is Cc1ccc(OCC2CCOCC2)c(CCl)n1. The van der Waals surface area contributed by atoms with E-state index in [4.69, 9.17) is 21.1 Å². The number of aryl methyl sites for hydroxylation is 1. The standard InChI is InChI=1S/C13H18ClNO2/c1-10-2-3-13(12(8-14)15-10)17-9-11-4-6-16-7-5-11/h2-3,11H,4-9H2,1H3. The zero-order valence-electron chi connectivity index (χ0n) is 10.1. The summed E-state index contributed by atoms with van der Waals surface area (Å²) >= 11 is 5.86. The highest BCUT2D eigenvalue weighted by Gasteiger charge is 2.15. The predicted octanol–water partition coefficient (Wildman–Crippen LogP) is 2.93. The first-order chi connectivity index (χ1) is 8.29. The summed E-state index contributed by atoms with van der Waals surface area (Å²) in [6.07, 6.45) is 2.16. The molecule has 1 aromatic rings. The van der Waals surface area contributed by atoms with Crippen LogP contribution < -0.4 is 4.74 Å². The molecule has 17 heavy (non-hydrogen) atoms. The molecule has 1 saturated heterocycles. The quantitative estimate of drug-likeness (QED) is 0.776. The Hall–Kier alpha value is -0.800. The number of rotatable bonds is 4. The second-order valence-corrected chi connectivity index (χ2v) is 4.67. The monoisotopic (exact) mass is 255 g/mol. The number of halogens is 1. The van der Waals surface area contributed by atoms with E-state index in [1.54, 1.807) is 0 Å². The Labute approximate surface area is 107 Å². The van der Waals surface area contributed by atoms with Crippen LogP contribution in [0.25, 0.3) is 0 Å². The molecule has 4 heteroatoms. The molecule has 1 aromatic heterocycles. The first-order valence-corrected chi connectivity index (χ1v) is 6.56. The Morgan fingerprint density at radius 2 is 2.18 bits per heavy atom. The van der Waals surface area contributed by atoms with Gasteiger partial charge >= 0.3 is 0 Å². The molecule has 1 fully saturated rings. The van der Waals surface area contributed by atoms with Gasteiger partial charge in [-0.2, -0.15) is 0 Å².